The Balaban J connectivity index is 3.09. The van der Waals surface area contributed by atoms with Crippen molar-refractivity contribution >= 4 is 0 Å². The second kappa shape index (κ2) is 7.03. The Hall–Kier alpha value is -0.0800. The summed E-state index contributed by atoms with van der Waals surface area (Å²) in [4.78, 5) is 2.44. The summed E-state index contributed by atoms with van der Waals surface area (Å²) in [6, 6.07) is 0. The van der Waals surface area contributed by atoms with E-state index >= 15 is 0 Å². The monoisotopic (exact) mass is 144 g/mol. The van der Waals surface area contributed by atoms with Gasteiger partial charge in [0.05, 0.1) is 0 Å². The molecule has 0 aliphatic rings. The molecular weight excluding hydrogens is 124 g/mol. The smallest absolute Gasteiger partial charge is 0.000687 e. The standard InChI is InChI=1S/C8H20N2/c1-4-10(5-2)8-6-7-9-3/h9H,4-8H2,1-3H3. The van der Waals surface area contributed by atoms with Crippen molar-refractivity contribution in [2.45, 2.75) is 20.3 Å². The van der Waals surface area contributed by atoms with E-state index in [1.807, 2.05) is 7.05 Å². The van der Waals surface area contributed by atoms with Crippen LogP contribution in [0.15, 0.2) is 0 Å². The molecule has 0 fully saturated rings. The molecule has 0 heterocycles. The fraction of sp³-hybridized carbons (Fsp3) is 1.00. The van der Waals surface area contributed by atoms with Gasteiger partial charge in [-0.05, 0) is 39.6 Å². The van der Waals surface area contributed by atoms with Crippen LogP contribution >= 0.6 is 0 Å². The molecule has 0 aromatic carbocycles. The van der Waals surface area contributed by atoms with Gasteiger partial charge in [0.25, 0.3) is 0 Å². The van der Waals surface area contributed by atoms with Crippen LogP contribution in [0.5, 0.6) is 0 Å². The summed E-state index contributed by atoms with van der Waals surface area (Å²) in [5.74, 6) is 0. The summed E-state index contributed by atoms with van der Waals surface area (Å²) in [6.45, 7) is 9.15. The maximum absolute atomic E-state index is 3.14. The Morgan fingerprint density at radius 2 is 1.80 bits per heavy atom. The molecule has 62 valence electrons. The van der Waals surface area contributed by atoms with Crippen molar-refractivity contribution in [2.24, 2.45) is 0 Å². The zero-order chi connectivity index (χ0) is 7.82. The Bertz CT molecular complexity index is 60.3. The molecule has 0 saturated carbocycles. The number of rotatable bonds is 6. The molecular formula is C8H20N2. The maximum Gasteiger partial charge on any atom is -0.000687 e. The largest absolute Gasteiger partial charge is 0.320 e. The van der Waals surface area contributed by atoms with E-state index in [-0.39, 0.29) is 0 Å². The molecule has 0 spiro atoms. The van der Waals surface area contributed by atoms with E-state index in [0.717, 1.165) is 6.54 Å². The van der Waals surface area contributed by atoms with Crippen LogP contribution < -0.4 is 5.32 Å². The quantitative estimate of drug-likeness (QED) is 0.558. The Morgan fingerprint density at radius 1 is 1.20 bits per heavy atom. The highest BCUT2D eigenvalue weighted by Crippen LogP contribution is 1.88. The van der Waals surface area contributed by atoms with Gasteiger partial charge in [0.2, 0.25) is 0 Å². The molecule has 0 unspecified atom stereocenters. The highest BCUT2D eigenvalue weighted by molar-refractivity contribution is 4.52. The van der Waals surface area contributed by atoms with Gasteiger partial charge in [-0.25, -0.2) is 0 Å². The number of nitrogens with zero attached hydrogens (tertiary/aromatic N) is 1. The third-order valence-electron chi connectivity index (χ3n) is 1.80. The van der Waals surface area contributed by atoms with Crippen molar-refractivity contribution in [1.82, 2.24) is 10.2 Å². The van der Waals surface area contributed by atoms with Crippen LogP contribution in [-0.4, -0.2) is 38.1 Å². The number of hydrogen-bond donors (Lipinski definition) is 1. The minimum Gasteiger partial charge on any atom is -0.320 e. The van der Waals surface area contributed by atoms with Crippen LogP contribution in [0.2, 0.25) is 0 Å². The number of nitrogens with one attached hydrogen (secondary N) is 1. The van der Waals surface area contributed by atoms with Gasteiger partial charge >= 0.3 is 0 Å². The second-order valence-corrected chi connectivity index (χ2v) is 2.48. The molecule has 0 saturated heterocycles. The summed E-state index contributed by atoms with van der Waals surface area (Å²) in [6.07, 6.45) is 1.26. The van der Waals surface area contributed by atoms with E-state index in [4.69, 9.17) is 0 Å². The summed E-state index contributed by atoms with van der Waals surface area (Å²) < 4.78 is 0. The predicted octanol–water partition coefficient (Wildman–Crippen LogP) is 0.938. The van der Waals surface area contributed by atoms with Crippen molar-refractivity contribution in [2.75, 3.05) is 33.2 Å². The SMILES string of the molecule is CCN(CC)CCCNC. The Kier molecular flexibility index (Phi) is 6.98. The topological polar surface area (TPSA) is 15.3 Å². The number of hydrogen-bond acceptors (Lipinski definition) is 2. The van der Waals surface area contributed by atoms with Crippen LogP contribution in [0.3, 0.4) is 0 Å². The van der Waals surface area contributed by atoms with Crippen LogP contribution in [0.25, 0.3) is 0 Å². The van der Waals surface area contributed by atoms with E-state index < -0.39 is 0 Å². The molecule has 0 atom stereocenters. The van der Waals surface area contributed by atoms with Gasteiger partial charge in [-0.3, -0.25) is 0 Å². The van der Waals surface area contributed by atoms with Crippen molar-refractivity contribution < 1.29 is 0 Å². The lowest BCUT2D eigenvalue weighted by Gasteiger charge is -2.17. The molecule has 0 rings (SSSR count). The lowest BCUT2D eigenvalue weighted by atomic mass is 10.4. The van der Waals surface area contributed by atoms with E-state index in [1.165, 1.54) is 26.1 Å². The molecule has 2 heteroatoms. The van der Waals surface area contributed by atoms with E-state index in [1.54, 1.807) is 0 Å². The van der Waals surface area contributed by atoms with Gasteiger partial charge in [-0.2, -0.15) is 0 Å². The maximum atomic E-state index is 3.14. The summed E-state index contributed by atoms with van der Waals surface area (Å²) >= 11 is 0. The zero-order valence-electron chi connectivity index (χ0n) is 7.48. The van der Waals surface area contributed by atoms with Crippen LogP contribution in [0, 0.1) is 0 Å². The van der Waals surface area contributed by atoms with E-state index in [9.17, 15) is 0 Å². The Morgan fingerprint density at radius 3 is 2.20 bits per heavy atom. The molecule has 0 aromatic rings. The minimum absolute atomic E-state index is 1.14. The minimum atomic E-state index is 1.14. The summed E-state index contributed by atoms with van der Waals surface area (Å²) in [5, 5.41) is 3.14. The van der Waals surface area contributed by atoms with Crippen LogP contribution in [0.1, 0.15) is 20.3 Å². The van der Waals surface area contributed by atoms with Crippen molar-refractivity contribution in [3.63, 3.8) is 0 Å². The average Bonchev–Trinajstić information content (AvgIpc) is 1.99. The fourth-order valence-electron chi connectivity index (χ4n) is 1.02. The van der Waals surface area contributed by atoms with Crippen molar-refractivity contribution in [3.8, 4) is 0 Å². The molecule has 0 bridgehead atoms. The predicted molar refractivity (Wildman–Crippen MR) is 46.3 cm³/mol. The normalized spacial score (nSPS) is 10.8. The van der Waals surface area contributed by atoms with E-state index in [0.29, 0.717) is 0 Å². The molecule has 1 N–H and O–H groups in total. The van der Waals surface area contributed by atoms with Gasteiger partial charge in [0.1, 0.15) is 0 Å². The molecule has 0 amide bonds. The van der Waals surface area contributed by atoms with Crippen molar-refractivity contribution in [3.05, 3.63) is 0 Å². The third-order valence-corrected chi connectivity index (χ3v) is 1.80. The Labute approximate surface area is 64.6 Å². The molecule has 10 heavy (non-hydrogen) atoms. The fourth-order valence-corrected chi connectivity index (χ4v) is 1.02. The van der Waals surface area contributed by atoms with Gasteiger partial charge in [0.15, 0.2) is 0 Å². The van der Waals surface area contributed by atoms with Gasteiger partial charge in [0, 0.05) is 0 Å². The second-order valence-electron chi connectivity index (χ2n) is 2.48. The van der Waals surface area contributed by atoms with Gasteiger partial charge in [-0.1, -0.05) is 13.8 Å². The zero-order valence-corrected chi connectivity index (χ0v) is 7.48. The van der Waals surface area contributed by atoms with Crippen molar-refractivity contribution in [1.29, 1.82) is 0 Å². The molecule has 0 aliphatic carbocycles. The lowest BCUT2D eigenvalue weighted by molar-refractivity contribution is 0.299. The van der Waals surface area contributed by atoms with Gasteiger partial charge < -0.3 is 10.2 Å². The first-order chi connectivity index (χ1) is 4.85. The lowest BCUT2D eigenvalue weighted by Crippen LogP contribution is -2.26. The summed E-state index contributed by atoms with van der Waals surface area (Å²) in [7, 11) is 2.00. The van der Waals surface area contributed by atoms with Crippen LogP contribution in [-0.2, 0) is 0 Å². The first kappa shape index (κ1) is 9.92. The average molecular weight is 144 g/mol. The molecule has 0 aromatic heterocycles. The van der Waals surface area contributed by atoms with E-state index in [2.05, 4.69) is 24.1 Å². The highest BCUT2D eigenvalue weighted by atomic mass is 15.1. The molecule has 0 aliphatic heterocycles. The highest BCUT2D eigenvalue weighted by Gasteiger charge is 1.95. The molecule has 0 radical (unpaired) electrons. The third kappa shape index (κ3) is 4.77. The molecule has 2 nitrogen and oxygen atoms in total. The first-order valence-electron chi connectivity index (χ1n) is 4.22. The van der Waals surface area contributed by atoms with Gasteiger partial charge in [-0.15, -0.1) is 0 Å². The summed E-state index contributed by atoms with van der Waals surface area (Å²) in [5.41, 5.74) is 0. The first-order valence-corrected chi connectivity index (χ1v) is 4.22. The van der Waals surface area contributed by atoms with Crippen LogP contribution in [0.4, 0.5) is 0 Å².